The molecule has 2 aromatic carbocycles. The number of nitrogens with zero attached hydrogens (tertiary/aromatic N) is 1. The molecule has 2 aromatic rings. The Bertz CT molecular complexity index is 756. The number of nitrogens with one attached hydrogen (secondary N) is 1. The summed E-state index contributed by atoms with van der Waals surface area (Å²) >= 11 is 0. The van der Waals surface area contributed by atoms with E-state index in [1.54, 1.807) is 19.2 Å². The number of carbonyl (C=O) groups excluding carboxylic acids is 1. The van der Waals surface area contributed by atoms with Crippen LogP contribution in [0.2, 0.25) is 0 Å². The molecule has 1 aliphatic rings. The van der Waals surface area contributed by atoms with E-state index in [2.05, 4.69) is 5.32 Å². The van der Waals surface area contributed by atoms with E-state index in [9.17, 15) is 9.18 Å². The third-order valence-corrected chi connectivity index (χ3v) is 4.74. The molecular weight excluding hydrogens is 355 g/mol. The number of halogens is 2. The first-order chi connectivity index (χ1) is 12.1. The quantitative estimate of drug-likeness (QED) is 0.884. The van der Waals surface area contributed by atoms with E-state index in [0.29, 0.717) is 18.7 Å². The second kappa shape index (κ2) is 9.01. The highest BCUT2D eigenvalue weighted by Crippen LogP contribution is 2.32. The highest BCUT2D eigenvalue weighted by molar-refractivity contribution is 5.85. The van der Waals surface area contributed by atoms with Gasteiger partial charge in [0.2, 0.25) is 5.91 Å². The first-order valence-corrected chi connectivity index (χ1v) is 8.51. The summed E-state index contributed by atoms with van der Waals surface area (Å²) in [6.07, 6.45) is 0. The molecule has 1 saturated heterocycles. The van der Waals surface area contributed by atoms with Crippen LogP contribution in [0.25, 0.3) is 0 Å². The third kappa shape index (κ3) is 4.17. The van der Waals surface area contributed by atoms with Crippen molar-refractivity contribution >= 4 is 18.3 Å². The molecule has 2 unspecified atom stereocenters. The summed E-state index contributed by atoms with van der Waals surface area (Å²) in [5.41, 5.74) is 1.68. The van der Waals surface area contributed by atoms with E-state index < -0.39 is 5.92 Å². The highest BCUT2D eigenvalue weighted by atomic mass is 35.5. The lowest BCUT2D eigenvalue weighted by molar-refractivity contribution is -0.135. The molecule has 1 N–H and O–H groups in total. The van der Waals surface area contributed by atoms with Gasteiger partial charge in [-0.25, -0.2) is 4.39 Å². The number of hydrogen-bond acceptors (Lipinski definition) is 3. The topological polar surface area (TPSA) is 41.6 Å². The van der Waals surface area contributed by atoms with Gasteiger partial charge in [0.05, 0.1) is 19.1 Å². The number of methoxy groups -OCH3 is 1. The lowest BCUT2D eigenvalue weighted by Crippen LogP contribution is -2.49. The SMILES string of the molecule is COc1ccccc1C1CNCCN1C(=O)C(C)c1cccc(F)c1.Cl. The summed E-state index contributed by atoms with van der Waals surface area (Å²) in [5.74, 6) is 0.0557. The van der Waals surface area contributed by atoms with Crippen LogP contribution >= 0.6 is 12.4 Å². The van der Waals surface area contributed by atoms with Gasteiger partial charge < -0.3 is 15.0 Å². The molecule has 6 heteroatoms. The number of amides is 1. The van der Waals surface area contributed by atoms with Gasteiger partial charge in [0.15, 0.2) is 0 Å². The molecule has 0 saturated carbocycles. The number of para-hydroxylation sites is 1. The maximum absolute atomic E-state index is 13.5. The highest BCUT2D eigenvalue weighted by Gasteiger charge is 2.32. The zero-order chi connectivity index (χ0) is 17.8. The molecule has 4 nitrogen and oxygen atoms in total. The van der Waals surface area contributed by atoms with Crippen molar-refractivity contribution in [3.05, 3.63) is 65.5 Å². The molecular formula is C20H24ClFN2O2. The predicted molar refractivity (Wildman–Crippen MR) is 102 cm³/mol. The zero-order valence-electron chi connectivity index (χ0n) is 14.9. The van der Waals surface area contributed by atoms with Gasteiger partial charge in [-0.3, -0.25) is 4.79 Å². The second-order valence-electron chi connectivity index (χ2n) is 6.27. The van der Waals surface area contributed by atoms with E-state index in [-0.39, 0.29) is 30.2 Å². The first-order valence-electron chi connectivity index (χ1n) is 8.51. The normalized spacial score (nSPS) is 18.0. The van der Waals surface area contributed by atoms with Gasteiger partial charge in [-0.15, -0.1) is 12.4 Å². The average molecular weight is 379 g/mol. The summed E-state index contributed by atoms with van der Waals surface area (Å²) in [6.45, 7) is 3.86. The van der Waals surface area contributed by atoms with Gasteiger partial charge in [0, 0.05) is 25.2 Å². The predicted octanol–water partition coefficient (Wildman–Crippen LogP) is 3.53. The monoisotopic (exact) mass is 378 g/mol. The fourth-order valence-corrected chi connectivity index (χ4v) is 3.35. The Balaban J connectivity index is 0.00000243. The summed E-state index contributed by atoms with van der Waals surface area (Å²) < 4.78 is 19.0. The minimum Gasteiger partial charge on any atom is -0.496 e. The van der Waals surface area contributed by atoms with Crippen molar-refractivity contribution in [2.45, 2.75) is 18.9 Å². The maximum atomic E-state index is 13.5. The first kappa shape index (κ1) is 20.2. The van der Waals surface area contributed by atoms with E-state index in [0.717, 1.165) is 17.9 Å². The molecule has 3 rings (SSSR count). The van der Waals surface area contributed by atoms with Crippen molar-refractivity contribution in [1.82, 2.24) is 10.2 Å². The van der Waals surface area contributed by atoms with Crippen molar-refractivity contribution in [3.63, 3.8) is 0 Å². The Morgan fingerprint density at radius 2 is 2.04 bits per heavy atom. The fraction of sp³-hybridized carbons (Fsp3) is 0.350. The Morgan fingerprint density at radius 3 is 2.77 bits per heavy atom. The Kier molecular flexibility index (Phi) is 7.00. The number of piperazine rings is 1. The third-order valence-electron chi connectivity index (χ3n) is 4.74. The summed E-state index contributed by atoms with van der Waals surface area (Å²) in [7, 11) is 1.64. The molecule has 0 spiro atoms. The van der Waals surface area contributed by atoms with Gasteiger partial charge in [0.1, 0.15) is 11.6 Å². The van der Waals surface area contributed by atoms with Crippen molar-refractivity contribution in [1.29, 1.82) is 0 Å². The van der Waals surface area contributed by atoms with Crippen LogP contribution in [0.3, 0.4) is 0 Å². The molecule has 2 atom stereocenters. The molecule has 0 aromatic heterocycles. The van der Waals surface area contributed by atoms with Crippen LogP contribution in [0, 0.1) is 5.82 Å². The summed E-state index contributed by atoms with van der Waals surface area (Å²) in [6, 6.07) is 13.9. The van der Waals surface area contributed by atoms with Crippen molar-refractivity contribution in [2.24, 2.45) is 0 Å². The van der Waals surface area contributed by atoms with Gasteiger partial charge in [0.25, 0.3) is 0 Å². The van der Waals surface area contributed by atoms with E-state index in [1.807, 2.05) is 36.1 Å². The minimum atomic E-state index is -0.397. The molecule has 1 aliphatic heterocycles. The van der Waals surface area contributed by atoms with Gasteiger partial charge in [-0.1, -0.05) is 30.3 Å². The van der Waals surface area contributed by atoms with Crippen molar-refractivity contribution < 1.29 is 13.9 Å². The van der Waals surface area contributed by atoms with Crippen molar-refractivity contribution in [2.75, 3.05) is 26.7 Å². The molecule has 0 radical (unpaired) electrons. The molecule has 140 valence electrons. The standard InChI is InChI=1S/C20H23FN2O2.ClH/c1-14(15-6-5-7-16(21)12-15)20(24)23-11-10-22-13-18(23)17-8-3-4-9-19(17)25-2;/h3-9,12,14,18,22H,10-11,13H2,1-2H3;1H. The summed E-state index contributed by atoms with van der Waals surface area (Å²) in [5, 5.41) is 3.35. The average Bonchev–Trinajstić information content (AvgIpc) is 2.66. The lowest BCUT2D eigenvalue weighted by Gasteiger charge is -2.38. The lowest BCUT2D eigenvalue weighted by atomic mass is 9.96. The maximum Gasteiger partial charge on any atom is 0.230 e. The largest absolute Gasteiger partial charge is 0.496 e. The van der Waals surface area contributed by atoms with Crippen LogP contribution < -0.4 is 10.1 Å². The smallest absolute Gasteiger partial charge is 0.230 e. The van der Waals surface area contributed by atoms with Crippen molar-refractivity contribution in [3.8, 4) is 5.75 Å². The van der Waals surface area contributed by atoms with Crippen LogP contribution in [-0.2, 0) is 4.79 Å². The Hall–Kier alpha value is -2.11. The minimum absolute atomic E-state index is 0. The van der Waals surface area contributed by atoms with E-state index >= 15 is 0 Å². The molecule has 0 aliphatic carbocycles. The van der Waals surface area contributed by atoms with Gasteiger partial charge >= 0.3 is 0 Å². The Labute approximate surface area is 159 Å². The Morgan fingerprint density at radius 1 is 1.27 bits per heavy atom. The summed E-state index contributed by atoms with van der Waals surface area (Å²) in [4.78, 5) is 15.0. The van der Waals surface area contributed by atoms with Gasteiger partial charge in [-0.05, 0) is 30.7 Å². The molecule has 26 heavy (non-hydrogen) atoms. The van der Waals surface area contributed by atoms with E-state index in [1.165, 1.54) is 12.1 Å². The van der Waals surface area contributed by atoms with Crippen LogP contribution in [0.5, 0.6) is 5.75 Å². The number of ether oxygens (including phenoxy) is 1. The van der Waals surface area contributed by atoms with Crippen LogP contribution in [0.4, 0.5) is 4.39 Å². The second-order valence-corrected chi connectivity index (χ2v) is 6.27. The zero-order valence-corrected chi connectivity index (χ0v) is 15.8. The van der Waals surface area contributed by atoms with E-state index in [4.69, 9.17) is 4.74 Å². The molecule has 1 fully saturated rings. The van der Waals surface area contributed by atoms with Crippen LogP contribution in [0.1, 0.15) is 30.0 Å². The van der Waals surface area contributed by atoms with Crippen LogP contribution in [0.15, 0.2) is 48.5 Å². The number of benzene rings is 2. The van der Waals surface area contributed by atoms with Crippen LogP contribution in [-0.4, -0.2) is 37.6 Å². The fourth-order valence-electron chi connectivity index (χ4n) is 3.35. The molecule has 1 amide bonds. The number of hydrogen-bond donors (Lipinski definition) is 1. The van der Waals surface area contributed by atoms with Gasteiger partial charge in [-0.2, -0.15) is 0 Å². The number of rotatable bonds is 4. The molecule has 1 heterocycles. The number of carbonyl (C=O) groups is 1. The molecule has 0 bridgehead atoms.